The molecule has 2 rings (SSSR count). The number of hydrogen-bond donors (Lipinski definition) is 1. The summed E-state index contributed by atoms with van der Waals surface area (Å²) in [6.07, 6.45) is 0.464. The van der Waals surface area contributed by atoms with Crippen molar-refractivity contribution < 1.29 is 9.53 Å². The molecule has 0 aromatic heterocycles. The molecule has 0 fully saturated rings. The van der Waals surface area contributed by atoms with Gasteiger partial charge < -0.3 is 15.4 Å². The van der Waals surface area contributed by atoms with Gasteiger partial charge in [0.1, 0.15) is 5.75 Å². The Morgan fingerprint density at radius 3 is 3.12 bits per heavy atom. The largest absolute Gasteiger partial charge is 0.482 e. The number of fused-ring (bicyclic) bond motifs is 1. The number of nitrogens with zero attached hydrogens (tertiary/aromatic N) is 2. The first-order valence-corrected chi connectivity index (χ1v) is 5.29. The maximum atomic E-state index is 11.5. The van der Waals surface area contributed by atoms with E-state index < -0.39 is 6.04 Å². The zero-order chi connectivity index (χ0) is 12.4. The number of amides is 1. The summed E-state index contributed by atoms with van der Waals surface area (Å²) in [6.45, 7) is 0.0700. The molecule has 0 bridgehead atoms. The molecule has 0 aliphatic carbocycles. The average molecular weight is 231 g/mol. The molecule has 5 nitrogen and oxygen atoms in total. The van der Waals surface area contributed by atoms with Crippen LogP contribution in [0.1, 0.15) is 5.56 Å². The van der Waals surface area contributed by atoms with Crippen LogP contribution in [0.15, 0.2) is 18.2 Å². The summed E-state index contributed by atoms with van der Waals surface area (Å²) >= 11 is 0. The monoisotopic (exact) mass is 231 g/mol. The van der Waals surface area contributed by atoms with Gasteiger partial charge in [-0.05, 0) is 17.7 Å². The minimum absolute atomic E-state index is 0.0700. The molecule has 0 radical (unpaired) electrons. The molecule has 0 saturated heterocycles. The third-order valence-electron chi connectivity index (χ3n) is 2.73. The summed E-state index contributed by atoms with van der Waals surface area (Å²) in [6, 6.07) is 6.95. The lowest BCUT2D eigenvalue weighted by Gasteiger charge is -2.26. The molecule has 1 unspecified atom stereocenters. The van der Waals surface area contributed by atoms with E-state index in [-0.39, 0.29) is 12.5 Å². The van der Waals surface area contributed by atoms with Crippen molar-refractivity contribution in [1.82, 2.24) is 0 Å². The molecule has 1 amide bonds. The van der Waals surface area contributed by atoms with Crippen LogP contribution >= 0.6 is 0 Å². The van der Waals surface area contributed by atoms with Gasteiger partial charge in [-0.2, -0.15) is 5.26 Å². The van der Waals surface area contributed by atoms with Gasteiger partial charge in [0, 0.05) is 13.5 Å². The third kappa shape index (κ3) is 2.22. The van der Waals surface area contributed by atoms with Gasteiger partial charge in [-0.25, -0.2) is 0 Å². The summed E-state index contributed by atoms with van der Waals surface area (Å²) in [5.74, 6) is 0.598. The van der Waals surface area contributed by atoms with Gasteiger partial charge in [-0.15, -0.1) is 0 Å². The van der Waals surface area contributed by atoms with Crippen LogP contribution < -0.4 is 15.4 Å². The van der Waals surface area contributed by atoms with E-state index in [0.29, 0.717) is 12.2 Å². The van der Waals surface area contributed by atoms with E-state index in [1.54, 1.807) is 18.0 Å². The van der Waals surface area contributed by atoms with Crippen LogP contribution in [-0.4, -0.2) is 25.6 Å². The van der Waals surface area contributed by atoms with Crippen LogP contribution in [0.2, 0.25) is 0 Å². The molecular weight excluding hydrogens is 218 g/mol. The standard InChI is InChI=1S/C12H13N3O2/c1-15-10-5-8(4-9(14)6-13)2-3-11(10)17-7-12(15)16/h2-3,5,9H,4,7,14H2,1H3. The van der Waals surface area contributed by atoms with Crippen molar-refractivity contribution >= 4 is 11.6 Å². The number of nitriles is 1. The molecule has 88 valence electrons. The molecule has 1 aromatic rings. The number of carbonyl (C=O) groups is 1. The van der Waals surface area contributed by atoms with Crippen LogP contribution in [-0.2, 0) is 11.2 Å². The van der Waals surface area contributed by atoms with Crippen molar-refractivity contribution in [3.63, 3.8) is 0 Å². The first-order valence-electron chi connectivity index (χ1n) is 5.29. The summed E-state index contributed by atoms with van der Waals surface area (Å²) in [4.78, 5) is 13.0. The molecule has 0 saturated carbocycles. The second-order valence-corrected chi connectivity index (χ2v) is 3.98. The van der Waals surface area contributed by atoms with Gasteiger partial charge in [-0.1, -0.05) is 6.07 Å². The molecule has 0 spiro atoms. The molecule has 1 aliphatic rings. The van der Waals surface area contributed by atoms with Crippen molar-refractivity contribution in [3.8, 4) is 11.8 Å². The van der Waals surface area contributed by atoms with E-state index >= 15 is 0 Å². The quantitative estimate of drug-likeness (QED) is 0.800. The third-order valence-corrected chi connectivity index (χ3v) is 2.73. The number of benzene rings is 1. The average Bonchev–Trinajstić information content (AvgIpc) is 2.34. The van der Waals surface area contributed by atoms with Gasteiger partial charge in [0.25, 0.3) is 5.91 Å². The summed E-state index contributed by atoms with van der Waals surface area (Å²) in [5, 5.41) is 8.66. The predicted octanol–water partition coefficient (Wildman–Crippen LogP) is 0.435. The van der Waals surface area contributed by atoms with Crippen molar-refractivity contribution in [1.29, 1.82) is 5.26 Å². The van der Waals surface area contributed by atoms with Crippen molar-refractivity contribution in [2.75, 3.05) is 18.6 Å². The van der Waals surface area contributed by atoms with Crippen LogP contribution in [0.5, 0.6) is 5.75 Å². The fourth-order valence-corrected chi connectivity index (χ4v) is 1.74. The molecule has 1 atom stereocenters. The van der Waals surface area contributed by atoms with Crippen molar-refractivity contribution in [2.45, 2.75) is 12.5 Å². The van der Waals surface area contributed by atoms with E-state index in [4.69, 9.17) is 15.7 Å². The number of nitrogens with two attached hydrogens (primary N) is 1. The molecule has 5 heteroatoms. The maximum absolute atomic E-state index is 11.5. The van der Waals surface area contributed by atoms with Crippen LogP contribution in [0.25, 0.3) is 0 Å². The first kappa shape index (κ1) is 11.4. The van der Waals surface area contributed by atoms with E-state index in [2.05, 4.69) is 0 Å². The second kappa shape index (κ2) is 4.44. The highest BCUT2D eigenvalue weighted by Crippen LogP contribution is 2.32. The lowest BCUT2D eigenvalue weighted by molar-refractivity contribution is -0.120. The summed E-state index contributed by atoms with van der Waals surface area (Å²) in [5.41, 5.74) is 7.22. The molecule has 2 N–H and O–H groups in total. The number of rotatable bonds is 2. The number of hydrogen-bond acceptors (Lipinski definition) is 4. The molecule has 1 heterocycles. The minimum atomic E-state index is -0.529. The zero-order valence-corrected chi connectivity index (χ0v) is 9.51. The Balaban J connectivity index is 2.30. The fraction of sp³-hybridized carbons (Fsp3) is 0.333. The molecular formula is C12H13N3O2. The van der Waals surface area contributed by atoms with Gasteiger partial charge in [0.15, 0.2) is 6.61 Å². The highest BCUT2D eigenvalue weighted by molar-refractivity contribution is 5.97. The smallest absolute Gasteiger partial charge is 0.264 e. The number of anilines is 1. The Kier molecular flexibility index (Phi) is 2.98. The highest BCUT2D eigenvalue weighted by atomic mass is 16.5. The second-order valence-electron chi connectivity index (χ2n) is 3.98. The van der Waals surface area contributed by atoms with Crippen LogP contribution in [0, 0.1) is 11.3 Å². The summed E-state index contributed by atoms with van der Waals surface area (Å²) < 4.78 is 5.30. The Labute approximate surface area is 99.4 Å². The van der Waals surface area contributed by atoms with Gasteiger partial charge in [0.05, 0.1) is 17.8 Å². The predicted molar refractivity (Wildman–Crippen MR) is 62.6 cm³/mol. The lowest BCUT2D eigenvalue weighted by Crippen LogP contribution is -2.35. The Morgan fingerprint density at radius 1 is 1.65 bits per heavy atom. The number of likely N-dealkylation sites (N-methyl/N-ethyl adjacent to an activating group) is 1. The Morgan fingerprint density at radius 2 is 2.41 bits per heavy atom. The summed E-state index contributed by atoms with van der Waals surface area (Å²) in [7, 11) is 1.71. The fourth-order valence-electron chi connectivity index (χ4n) is 1.74. The highest BCUT2D eigenvalue weighted by Gasteiger charge is 2.22. The topological polar surface area (TPSA) is 79.3 Å². The van der Waals surface area contributed by atoms with Gasteiger partial charge >= 0.3 is 0 Å². The number of ether oxygens (including phenoxy) is 1. The Hall–Kier alpha value is -2.06. The van der Waals surface area contributed by atoms with Gasteiger partial charge in [0.2, 0.25) is 0 Å². The first-order chi connectivity index (χ1) is 8.11. The van der Waals surface area contributed by atoms with E-state index in [0.717, 1.165) is 11.3 Å². The van der Waals surface area contributed by atoms with Crippen molar-refractivity contribution in [2.24, 2.45) is 5.73 Å². The molecule has 1 aliphatic heterocycles. The maximum Gasteiger partial charge on any atom is 0.264 e. The molecule has 17 heavy (non-hydrogen) atoms. The van der Waals surface area contributed by atoms with Crippen molar-refractivity contribution in [3.05, 3.63) is 23.8 Å². The zero-order valence-electron chi connectivity index (χ0n) is 9.51. The van der Waals surface area contributed by atoms with Gasteiger partial charge in [-0.3, -0.25) is 4.79 Å². The Bertz CT molecular complexity index is 493. The SMILES string of the molecule is CN1C(=O)COc2ccc(CC(N)C#N)cc21. The van der Waals surface area contributed by atoms with E-state index in [1.807, 2.05) is 18.2 Å². The number of carbonyl (C=O) groups excluding carboxylic acids is 1. The lowest BCUT2D eigenvalue weighted by atomic mass is 10.1. The van der Waals surface area contributed by atoms with E-state index in [9.17, 15) is 4.79 Å². The minimum Gasteiger partial charge on any atom is -0.482 e. The van der Waals surface area contributed by atoms with E-state index in [1.165, 1.54) is 0 Å². The van der Waals surface area contributed by atoms with Crippen LogP contribution in [0.4, 0.5) is 5.69 Å². The normalized spacial score (nSPS) is 15.8. The van der Waals surface area contributed by atoms with Crippen LogP contribution in [0.3, 0.4) is 0 Å². The molecule has 1 aromatic carbocycles.